The van der Waals surface area contributed by atoms with Gasteiger partial charge in [-0.1, -0.05) is 53.3 Å². The van der Waals surface area contributed by atoms with Crippen LogP contribution in [0.4, 0.5) is 5.69 Å². The van der Waals surface area contributed by atoms with Crippen LogP contribution >= 0.6 is 22.6 Å². The summed E-state index contributed by atoms with van der Waals surface area (Å²) in [6.45, 7) is 1.01. The van der Waals surface area contributed by atoms with Crippen molar-refractivity contribution in [2.75, 3.05) is 36.5 Å². The number of hydrogen-bond acceptors (Lipinski definition) is 4. The maximum atomic E-state index is 12.8. The first-order valence-corrected chi connectivity index (χ1v) is 11.9. The van der Waals surface area contributed by atoms with Crippen molar-refractivity contribution in [2.24, 2.45) is 0 Å². The van der Waals surface area contributed by atoms with Gasteiger partial charge in [-0.3, -0.25) is 4.79 Å². The van der Waals surface area contributed by atoms with E-state index in [0.29, 0.717) is 22.4 Å². The minimum atomic E-state index is -3.58. The molecular formula is C19H26IN3O3S. The van der Waals surface area contributed by atoms with Gasteiger partial charge in [-0.15, -0.1) is 0 Å². The van der Waals surface area contributed by atoms with Crippen LogP contribution in [0.25, 0.3) is 10.8 Å². The van der Waals surface area contributed by atoms with Gasteiger partial charge in [0, 0.05) is 43.6 Å². The topological polar surface area (TPSA) is 78.5 Å². The molecule has 0 atom stereocenters. The lowest BCUT2D eigenvalue weighted by molar-refractivity contribution is -0.118. The zero-order chi connectivity index (χ0) is 19.9. The van der Waals surface area contributed by atoms with E-state index in [4.69, 9.17) is 0 Å². The number of nitrogens with zero attached hydrogens (tertiary/aromatic N) is 1. The summed E-state index contributed by atoms with van der Waals surface area (Å²) < 4.78 is 28.7. The highest BCUT2D eigenvalue weighted by molar-refractivity contribution is 14.1. The van der Waals surface area contributed by atoms with Gasteiger partial charge in [0.05, 0.1) is 9.32 Å². The van der Waals surface area contributed by atoms with Crippen molar-refractivity contribution in [1.29, 1.82) is 0 Å². The Morgan fingerprint density at radius 2 is 1.67 bits per heavy atom. The zero-order valence-corrected chi connectivity index (χ0v) is 18.6. The van der Waals surface area contributed by atoms with Crippen molar-refractivity contribution in [3.05, 3.63) is 36.4 Å². The number of unbranched alkanes of at least 4 members (excludes halogenated alkanes) is 2. The normalized spacial score (nSPS) is 11.5. The molecule has 0 spiro atoms. The van der Waals surface area contributed by atoms with Gasteiger partial charge < -0.3 is 10.2 Å². The molecule has 0 aliphatic heterocycles. The van der Waals surface area contributed by atoms with Gasteiger partial charge in [0.15, 0.2) is 0 Å². The molecule has 27 heavy (non-hydrogen) atoms. The third-order valence-electron chi connectivity index (χ3n) is 4.22. The summed E-state index contributed by atoms with van der Waals surface area (Å²) in [5.74, 6) is 0.0318. The van der Waals surface area contributed by atoms with E-state index >= 15 is 0 Å². The fraction of sp³-hybridized carbons (Fsp3) is 0.421. The lowest BCUT2D eigenvalue weighted by Crippen LogP contribution is -2.26. The molecule has 2 N–H and O–H groups in total. The number of amides is 1. The van der Waals surface area contributed by atoms with Crippen LogP contribution in [0.1, 0.15) is 19.3 Å². The van der Waals surface area contributed by atoms with E-state index in [9.17, 15) is 13.2 Å². The first kappa shape index (κ1) is 21.9. The smallest absolute Gasteiger partial charge is 0.241 e. The maximum Gasteiger partial charge on any atom is 0.241 e. The van der Waals surface area contributed by atoms with Gasteiger partial charge in [-0.25, -0.2) is 13.1 Å². The molecule has 0 aliphatic rings. The third-order valence-corrected chi connectivity index (χ3v) is 6.43. The molecule has 0 unspecified atom stereocenters. The molecule has 2 aromatic rings. The second kappa shape index (κ2) is 10.2. The van der Waals surface area contributed by atoms with Gasteiger partial charge in [0.25, 0.3) is 0 Å². The van der Waals surface area contributed by atoms with Gasteiger partial charge in [0.2, 0.25) is 15.9 Å². The second-order valence-electron chi connectivity index (χ2n) is 6.46. The summed E-state index contributed by atoms with van der Waals surface area (Å²) in [6.07, 6.45) is 2.42. The van der Waals surface area contributed by atoms with Gasteiger partial charge in [0.1, 0.15) is 0 Å². The highest BCUT2D eigenvalue weighted by Gasteiger charge is 2.17. The van der Waals surface area contributed by atoms with Crippen LogP contribution in [-0.2, 0) is 14.8 Å². The minimum absolute atomic E-state index is 0.0318. The number of hydrogen-bond donors (Lipinski definition) is 2. The first-order valence-electron chi connectivity index (χ1n) is 8.88. The summed E-state index contributed by atoms with van der Waals surface area (Å²) in [4.78, 5) is 13.4. The highest BCUT2D eigenvalue weighted by atomic mass is 127. The van der Waals surface area contributed by atoms with E-state index in [1.165, 1.54) is 0 Å². The van der Waals surface area contributed by atoms with Gasteiger partial charge in [-0.2, -0.15) is 0 Å². The van der Waals surface area contributed by atoms with E-state index < -0.39 is 10.0 Å². The van der Waals surface area contributed by atoms with Crippen LogP contribution in [0.5, 0.6) is 0 Å². The average molecular weight is 503 g/mol. The molecule has 0 radical (unpaired) electrons. The monoisotopic (exact) mass is 503 g/mol. The molecule has 0 bridgehead atoms. The van der Waals surface area contributed by atoms with E-state index in [1.807, 2.05) is 65.9 Å². The second-order valence-corrected chi connectivity index (χ2v) is 8.96. The van der Waals surface area contributed by atoms with Crippen LogP contribution in [0.2, 0.25) is 0 Å². The number of halogens is 1. The highest BCUT2D eigenvalue weighted by Crippen LogP contribution is 2.30. The summed E-state index contributed by atoms with van der Waals surface area (Å²) in [5.41, 5.74) is 0.984. The lowest BCUT2D eigenvalue weighted by atomic mass is 10.1. The lowest BCUT2D eigenvalue weighted by Gasteiger charge is -2.17. The van der Waals surface area contributed by atoms with Crippen molar-refractivity contribution in [1.82, 2.24) is 10.0 Å². The Kier molecular flexibility index (Phi) is 8.30. The molecular weight excluding hydrogens is 477 g/mol. The van der Waals surface area contributed by atoms with E-state index in [2.05, 4.69) is 10.0 Å². The Hall–Kier alpha value is -1.39. The van der Waals surface area contributed by atoms with Crippen molar-refractivity contribution >= 4 is 55.0 Å². The van der Waals surface area contributed by atoms with E-state index in [-0.39, 0.29) is 5.91 Å². The maximum absolute atomic E-state index is 12.8. The Balaban J connectivity index is 1.99. The van der Waals surface area contributed by atoms with Crippen molar-refractivity contribution in [3.8, 4) is 0 Å². The number of carbonyl (C=O) groups is 1. The Labute approximate surface area is 174 Å². The molecule has 0 aromatic heterocycles. The Morgan fingerprint density at radius 1 is 1.00 bits per heavy atom. The predicted molar refractivity (Wildman–Crippen MR) is 119 cm³/mol. The molecule has 148 valence electrons. The minimum Gasteiger partial charge on any atom is -0.377 e. The summed E-state index contributed by atoms with van der Waals surface area (Å²) >= 11 is 2.02. The zero-order valence-electron chi connectivity index (χ0n) is 15.7. The summed E-state index contributed by atoms with van der Waals surface area (Å²) in [7, 11) is 0.304. The number of sulfonamides is 1. The molecule has 8 heteroatoms. The molecule has 0 aliphatic carbocycles. The van der Waals surface area contributed by atoms with Crippen LogP contribution in [-0.4, -0.2) is 45.9 Å². The van der Waals surface area contributed by atoms with E-state index in [1.54, 1.807) is 12.1 Å². The van der Waals surface area contributed by atoms with Crippen LogP contribution in [0.15, 0.2) is 41.3 Å². The molecule has 2 aromatic carbocycles. The molecule has 0 saturated heterocycles. The summed E-state index contributed by atoms with van der Waals surface area (Å²) in [5, 5.41) is 4.44. The fourth-order valence-corrected chi connectivity index (χ4v) is 4.44. The number of benzene rings is 2. The number of rotatable bonds is 10. The molecule has 0 saturated carbocycles. The molecule has 2 rings (SSSR count). The van der Waals surface area contributed by atoms with Gasteiger partial charge >= 0.3 is 0 Å². The average Bonchev–Trinajstić information content (AvgIpc) is 2.65. The van der Waals surface area contributed by atoms with Crippen LogP contribution in [0.3, 0.4) is 0 Å². The quantitative estimate of drug-likeness (QED) is 0.297. The predicted octanol–water partition coefficient (Wildman–Crippen LogP) is 2.91. The summed E-state index contributed by atoms with van der Waals surface area (Å²) in [6, 6.07) is 11.0. The molecule has 6 nitrogen and oxygen atoms in total. The SMILES string of the molecule is CN(C)c1cccc2c(S(=O)(=O)NCCCCCNC(=O)CI)cccc12. The third kappa shape index (κ3) is 6.05. The Morgan fingerprint density at radius 3 is 2.37 bits per heavy atom. The Bertz CT molecular complexity index is 885. The number of alkyl halides is 1. The number of nitrogens with one attached hydrogen (secondary N) is 2. The van der Waals surface area contributed by atoms with Crippen molar-refractivity contribution in [2.45, 2.75) is 24.2 Å². The first-order chi connectivity index (χ1) is 12.9. The number of anilines is 1. The van der Waals surface area contributed by atoms with Crippen LogP contribution < -0.4 is 14.9 Å². The van der Waals surface area contributed by atoms with Crippen molar-refractivity contribution < 1.29 is 13.2 Å². The number of fused-ring (bicyclic) bond motifs is 1. The van der Waals surface area contributed by atoms with Crippen LogP contribution in [0, 0.1) is 0 Å². The molecule has 0 heterocycles. The number of carbonyl (C=O) groups excluding carboxylic acids is 1. The van der Waals surface area contributed by atoms with Crippen molar-refractivity contribution in [3.63, 3.8) is 0 Å². The van der Waals surface area contributed by atoms with Gasteiger partial charge in [-0.05, 0) is 25.0 Å². The molecule has 0 fully saturated rings. The van der Waals surface area contributed by atoms with E-state index in [0.717, 1.165) is 35.7 Å². The molecule has 1 amide bonds. The standard InChI is InChI=1S/C19H26IN3O3S/c1-23(2)17-10-6-9-16-15(17)8-7-11-18(16)27(25,26)22-13-5-3-4-12-21-19(24)14-20/h6-11,22H,3-5,12-14H2,1-2H3,(H,21,24). The largest absolute Gasteiger partial charge is 0.377 e. The fourth-order valence-electron chi connectivity index (χ4n) is 2.87.